The Balaban J connectivity index is 2.67. The molecule has 0 unspecified atom stereocenters. The summed E-state index contributed by atoms with van der Waals surface area (Å²) in [7, 11) is 0. The van der Waals surface area contributed by atoms with Gasteiger partial charge < -0.3 is 9.95 Å². The average molecular weight is 134 g/mol. The van der Waals surface area contributed by atoms with E-state index >= 15 is 0 Å². The third-order valence-corrected chi connectivity index (χ3v) is 1.18. The summed E-state index contributed by atoms with van der Waals surface area (Å²) in [6, 6.07) is 9.36. The van der Waals surface area contributed by atoms with Crippen LogP contribution in [0.4, 0.5) is 0 Å². The summed E-state index contributed by atoms with van der Waals surface area (Å²) in [6.45, 7) is 5.15. The molecule has 0 saturated carbocycles. The summed E-state index contributed by atoms with van der Waals surface area (Å²) in [4.78, 5) is 0. The molecule has 0 atom stereocenters. The minimum atomic E-state index is 0.251. The van der Waals surface area contributed by atoms with Gasteiger partial charge in [0.15, 0.2) is 0 Å². The van der Waals surface area contributed by atoms with Crippen LogP contribution in [-0.4, -0.2) is 11.5 Å². The van der Waals surface area contributed by atoms with Gasteiger partial charge in [0.25, 0.3) is 0 Å². The molecule has 10 heavy (non-hydrogen) atoms. The second-order valence-corrected chi connectivity index (χ2v) is 2.06. The molecular weight excluding hydrogens is 126 g/mol. The van der Waals surface area contributed by atoms with E-state index in [0.29, 0.717) is 4.74 Å². The Labute approximate surface area is 60.0 Å². The maximum Gasteiger partial charge on any atom is 0.145 e. The number of nitrogens with zero attached hydrogens (tertiary/aromatic N) is 1. The summed E-state index contributed by atoms with van der Waals surface area (Å²) in [5.41, 5.74) is 0.931. The van der Waals surface area contributed by atoms with Gasteiger partial charge in [-0.15, -0.1) is 0 Å². The lowest BCUT2D eigenvalue weighted by Gasteiger charge is -2.08. The first-order chi connectivity index (χ1) is 4.79. The third kappa shape index (κ3) is 1.90. The molecule has 1 aromatic rings. The molecule has 52 valence electrons. The predicted octanol–water partition coefficient (Wildman–Crippen LogP) is 1.27. The molecule has 1 aromatic carbocycles. The van der Waals surface area contributed by atoms with E-state index in [-0.39, 0.29) is 6.54 Å². The fourth-order valence-electron chi connectivity index (χ4n) is 0.763. The van der Waals surface area contributed by atoms with Crippen molar-refractivity contribution in [1.82, 2.24) is 0 Å². The molecule has 0 aliphatic rings. The summed E-state index contributed by atoms with van der Waals surface area (Å²) in [6.07, 6.45) is 0. The molecule has 0 saturated heterocycles. The Morgan fingerprint density at radius 3 is 2.40 bits per heavy atom. The minimum Gasteiger partial charge on any atom is -0.655 e. The van der Waals surface area contributed by atoms with Crippen LogP contribution in [0.25, 0.3) is 0 Å². The summed E-state index contributed by atoms with van der Waals surface area (Å²) >= 11 is 0. The maximum absolute atomic E-state index is 10.3. The topological polar surface area (TPSA) is 26.1 Å². The van der Waals surface area contributed by atoms with Crippen LogP contribution >= 0.6 is 0 Å². The minimum absolute atomic E-state index is 0.251. The van der Waals surface area contributed by atoms with Crippen molar-refractivity contribution in [3.05, 3.63) is 41.1 Å². The van der Waals surface area contributed by atoms with E-state index < -0.39 is 0 Å². The third-order valence-electron chi connectivity index (χ3n) is 1.18. The summed E-state index contributed by atoms with van der Waals surface area (Å²) < 4.78 is 0.412. The fraction of sp³-hybridized carbons (Fsp3) is 0.125. The van der Waals surface area contributed by atoms with Crippen LogP contribution in [0.1, 0.15) is 5.56 Å². The van der Waals surface area contributed by atoms with Gasteiger partial charge >= 0.3 is 0 Å². The van der Waals surface area contributed by atoms with Crippen LogP contribution in [0.15, 0.2) is 30.3 Å². The molecule has 0 radical (unpaired) electrons. The van der Waals surface area contributed by atoms with Crippen molar-refractivity contribution in [2.24, 2.45) is 0 Å². The molecule has 1 rings (SSSR count). The quantitative estimate of drug-likeness (QED) is 0.197. The lowest BCUT2D eigenvalue weighted by atomic mass is 10.2. The normalized spacial score (nSPS) is 9.20. The van der Waals surface area contributed by atoms with Crippen molar-refractivity contribution >= 4 is 6.72 Å². The van der Waals surface area contributed by atoms with Crippen molar-refractivity contribution in [3.8, 4) is 0 Å². The van der Waals surface area contributed by atoms with Crippen LogP contribution < -0.4 is 0 Å². The van der Waals surface area contributed by atoms with Crippen LogP contribution in [-0.2, 0) is 6.54 Å². The highest BCUT2D eigenvalue weighted by atomic mass is 16.5. The predicted molar refractivity (Wildman–Crippen MR) is 39.8 cm³/mol. The number of benzene rings is 1. The van der Waals surface area contributed by atoms with E-state index in [1.54, 1.807) is 0 Å². The van der Waals surface area contributed by atoms with Crippen LogP contribution in [0, 0.1) is 5.21 Å². The Morgan fingerprint density at radius 2 is 1.90 bits per heavy atom. The maximum atomic E-state index is 10.3. The van der Waals surface area contributed by atoms with Crippen molar-refractivity contribution in [2.75, 3.05) is 0 Å². The fourth-order valence-corrected chi connectivity index (χ4v) is 0.763. The molecule has 2 nitrogen and oxygen atoms in total. The molecule has 0 aromatic heterocycles. The zero-order valence-corrected chi connectivity index (χ0v) is 5.53. The van der Waals surface area contributed by atoms with Gasteiger partial charge in [0.2, 0.25) is 0 Å². The second kappa shape index (κ2) is 3.01. The number of hydroxylamine groups is 1. The first-order valence-electron chi connectivity index (χ1n) is 3.02. The molecule has 0 N–H and O–H groups in total. The first kappa shape index (κ1) is 6.81. The van der Waals surface area contributed by atoms with E-state index in [1.165, 1.54) is 0 Å². The Hall–Kier alpha value is -1.31. The monoisotopic (exact) mass is 134 g/mol. The van der Waals surface area contributed by atoms with Gasteiger partial charge in [-0.2, -0.15) is 0 Å². The highest BCUT2D eigenvalue weighted by Gasteiger charge is 1.88. The van der Waals surface area contributed by atoms with Gasteiger partial charge in [-0.25, -0.2) is 6.72 Å². The SMILES string of the molecule is [CH-]=[N+]([O-])Cc1ccccc1. The van der Waals surface area contributed by atoms with Crippen molar-refractivity contribution < 1.29 is 4.74 Å². The zero-order chi connectivity index (χ0) is 7.40. The molecular formula is C8H8NO-. The van der Waals surface area contributed by atoms with E-state index in [0.717, 1.165) is 5.56 Å². The molecule has 0 amide bonds. The number of rotatable bonds is 2. The smallest absolute Gasteiger partial charge is 0.145 e. The lowest BCUT2D eigenvalue weighted by molar-refractivity contribution is -0.465. The van der Waals surface area contributed by atoms with E-state index in [1.807, 2.05) is 30.3 Å². The van der Waals surface area contributed by atoms with Crippen molar-refractivity contribution in [1.29, 1.82) is 0 Å². The van der Waals surface area contributed by atoms with Crippen LogP contribution in [0.2, 0.25) is 0 Å². The molecule has 0 aliphatic heterocycles. The van der Waals surface area contributed by atoms with Gasteiger partial charge in [0.05, 0.1) is 0 Å². The summed E-state index contributed by atoms with van der Waals surface area (Å²) in [5, 5.41) is 10.3. The Bertz CT molecular complexity index is 218. The Kier molecular flexibility index (Phi) is 2.05. The largest absolute Gasteiger partial charge is 0.655 e. The lowest BCUT2D eigenvalue weighted by Crippen LogP contribution is -1.98. The van der Waals surface area contributed by atoms with Gasteiger partial charge in [0, 0.05) is 5.56 Å². The van der Waals surface area contributed by atoms with Gasteiger partial charge in [0.1, 0.15) is 6.54 Å². The van der Waals surface area contributed by atoms with Crippen molar-refractivity contribution in [2.45, 2.75) is 6.54 Å². The molecule has 0 bridgehead atoms. The molecule has 0 heterocycles. The first-order valence-corrected chi connectivity index (χ1v) is 3.02. The summed E-state index contributed by atoms with van der Waals surface area (Å²) in [5.74, 6) is 0. The Morgan fingerprint density at radius 1 is 1.30 bits per heavy atom. The van der Waals surface area contributed by atoms with Gasteiger partial charge in [-0.3, -0.25) is 0 Å². The molecule has 0 aliphatic carbocycles. The van der Waals surface area contributed by atoms with E-state index in [2.05, 4.69) is 0 Å². The highest BCUT2D eigenvalue weighted by Crippen LogP contribution is 1.98. The molecule has 0 fully saturated rings. The van der Waals surface area contributed by atoms with Crippen molar-refractivity contribution in [3.63, 3.8) is 0 Å². The zero-order valence-electron chi connectivity index (χ0n) is 5.53. The van der Waals surface area contributed by atoms with Gasteiger partial charge in [-0.1, -0.05) is 30.3 Å². The molecule has 0 spiro atoms. The highest BCUT2D eigenvalue weighted by molar-refractivity contribution is 5.17. The van der Waals surface area contributed by atoms with Gasteiger partial charge in [-0.05, 0) is 0 Å². The standard InChI is InChI=1S/C8H8NO/c1-9(10)7-8-5-3-2-4-6-8/h1-6H,7H2/q-1. The second-order valence-electron chi connectivity index (χ2n) is 2.06. The number of hydrogen-bond acceptors (Lipinski definition) is 1. The molecule has 2 heteroatoms. The average Bonchev–Trinajstić information content (AvgIpc) is 1.88. The van der Waals surface area contributed by atoms with E-state index in [9.17, 15) is 5.21 Å². The van der Waals surface area contributed by atoms with Crippen LogP contribution in [0.5, 0.6) is 0 Å². The number of hydrogen-bond donors (Lipinski definition) is 0. The van der Waals surface area contributed by atoms with E-state index in [4.69, 9.17) is 6.72 Å². The van der Waals surface area contributed by atoms with Crippen LogP contribution in [0.3, 0.4) is 0 Å².